The van der Waals surface area contributed by atoms with Gasteiger partial charge in [0.05, 0.1) is 30.8 Å². The number of aliphatic hydroxyl groups is 2. The molecule has 3 aliphatic heterocycles. The highest BCUT2D eigenvalue weighted by molar-refractivity contribution is 6.08. The first-order chi connectivity index (χ1) is 19.8. The van der Waals surface area contributed by atoms with Crippen LogP contribution in [0.2, 0.25) is 0 Å². The molecule has 2 fully saturated rings. The van der Waals surface area contributed by atoms with Gasteiger partial charge in [-0.05, 0) is 56.0 Å². The number of piperidine rings is 1. The molecule has 0 radical (unpaired) electrons. The van der Waals surface area contributed by atoms with Crippen molar-refractivity contribution < 1.29 is 24.6 Å². The molecular formula is C32H40N4O5. The third-order valence-electron chi connectivity index (χ3n) is 8.67. The number of aliphatic hydroxyl groups excluding tert-OH is 1. The van der Waals surface area contributed by atoms with Crippen molar-refractivity contribution in [2.75, 3.05) is 36.5 Å². The Balaban J connectivity index is 1.40. The summed E-state index contributed by atoms with van der Waals surface area (Å²) in [6, 6.07) is 14.7. The number of benzene rings is 2. The SMILES string of the molecule is C[C@@H](/C=C/CC(=O)N1CCC[C@H]1CO)[C@]1(O)C(=O)N(Cc2ccccc2)c2ccc(NC(=O)C3CCCNC3)cc21. The lowest BCUT2D eigenvalue weighted by Gasteiger charge is -2.28. The fraction of sp³-hybridized carbons (Fsp3) is 0.469. The van der Waals surface area contributed by atoms with E-state index in [2.05, 4.69) is 10.6 Å². The second kappa shape index (κ2) is 12.5. The average Bonchev–Trinajstić information content (AvgIpc) is 3.56. The smallest absolute Gasteiger partial charge is 0.264 e. The molecule has 4 atom stereocenters. The van der Waals surface area contributed by atoms with Crippen molar-refractivity contribution in [2.24, 2.45) is 11.8 Å². The maximum absolute atomic E-state index is 13.9. The largest absolute Gasteiger partial charge is 0.394 e. The van der Waals surface area contributed by atoms with E-state index in [0.29, 0.717) is 36.6 Å². The van der Waals surface area contributed by atoms with Crippen molar-refractivity contribution in [1.82, 2.24) is 10.2 Å². The molecule has 0 spiro atoms. The predicted molar refractivity (Wildman–Crippen MR) is 157 cm³/mol. The summed E-state index contributed by atoms with van der Waals surface area (Å²) in [6.45, 7) is 4.17. The number of amides is 3. The molecule has 0 aliphatic carbocycles. The third kappa shape index (κ3) is 5.93. The Labute approximate surface area is 241 Å². The van der Waals surface area contributed by atoms with Crippen molar-refractivity contribution in [3.8, 4) is 0 Å². The van der Waals surface area contributed by atoms with E-state index in [9.17, 15) is 24.6 Å². The van der Waals surface area contributed by atoms with E-state index in [1.165, 1.54) is 0 Å². The number of fused-ring (bicyclic) bond motifs is 1. The first-order valence-electron chi connectivity index (χ1n) is 14.6. The van der Waals surface area contributed by atoms with Gasteiger partial charge >= 0.3 is 0 Å². The van der Waals surface area contributed by atoms with Crippen molar-refractivity contribution in [3.05, 3.63) is 71.8 Å². The van der Waals surface area contributed by atoms with E-state index in [0.717, 1.165) is 37.8 Å². The molecule has 0 saturated carbocycles. The second-order valence-corrected chi connectivity index (χ2v) is 11.4. The zero-order valence-electron chi connectivity index (χ0n) is 23.6. The molecule has 3 amide bonds. The van der Waals surface area contributed by atoms with E-state index in [4.69, 9.17) is 0 Å². The minimum absolute atomic E-state index is 0.0513. The molecule has 0 bridgehead atoms. The van der Waals surface area contributed by atoms with Crippen LogP contribution in [-0.2, 0) is 26.5 Å². The first-order valence-corrected chi connectivity index (χ1v) is 14.6. The minimum Gasteiger partial charge on any atom is -0.394 e. The Kier molecular flexibility index (Phi) is 8.87. The Morgan fingerprint density at radius 3 is 2.71 bits per heavy atom. The monoisotopic (exact) mass is 560 g/mol. The third-order valence-corrected chi connectivity index (χ3v) is 8.67. The topological polar surface area (TPSA) is 122 Å². The maximum Gasteiger partial charge on any atom is 0.264 e. The zero-order valence-corrected chi connectivity index (χ0v) is 23.6. The number of nitrogens with one attached hydrogen (secondary N) is 2. The molecule has 218 valence electrons. The molecule has 9 nitrogen and oxygen atoms in total. The number of carbonyl (C=O) groups is 3. The van der Waals surface area contributed by atoms with Crippen LogP contribution in [0.4, 0.5) is 11.4 Å². The van der Waals surface area contributed by atoms with Crippen molar-refractivity contribution in [3.63, 3.8) is 0 Å². The summed E-state index contributed by atoms with van der Waals surface area (Å²) in [5.74, 6) is -1.39. The van der Waals surface area contributed by atoms with Gasteiger partial charge < -0.3 is 30.6 Å². The maximum atomic E-state index is 13.9. The Hall–Kier alpha value is -3.53. The lowest BCUT2D eigenvalue weighted by molar-refractivity contribution is -0.139. The van der Waals surface area contributed by atoms with Crippen LogP contribution < -0.4 is 15.5 Å². The van der Waals surface area contributed by atoms with Gasteiger partial charge in [-0.3, -0.25) is 14.4 Å². The Morgan fingerprint density at radius 1 is 1.17 bits per heavy atom. The molecule has 5 rings (SSSR count). The highest BCUT2D eigenvalue weighted by Gasteiger charge is 2.52. The van der Waals surface area contributed by atoms with Crippen molar-refractivity contribution in [2.45, 2.75) is 57.2 Å². The molecule has 2 saturated heterocycles. The van der Waals surface area contributed by atoms with Gasteiger partial charge in [0, 0.05) is 36.7 Å². The predicted octanol–water partition coefficient (Wildman–Crippen LogP) is 2.92. The van der Waals surface area contributed by atoms with E-state index in [1.807, 2.05) is 30.3 Å². The van der Waals surface area contributed by atoms with Gasteiger partial charge in [0.15, 0.2) is 5.60 Å². The molecule has 3 aliphatic rings. The molecule has 41 heavy (non-hydrogen) atoms. The van der Waals surface area contributed by atoms with Gasteiger partial charge in [-0.2, -0.15) is 0 Å². The normalized spacial score (nSPS) is 25.0. The van der Waals surface area contributed by atoms with Crippen molar-refractivity contribution >= 4 is 29.1 Å². The summed E-state index contributed by atoms with van der Waals surface area (Å²) in [7, 11) is 0. The van der Waals surface area contributed by atoms with E-state index >= 15 is 0 Å². The summed E-state index contributed by atoms with van der Waals surface area (Å²) >= 11 is 0. The molecule has 2 aromatic carbocycles. The number of hydrogen-bond acceptors (Lipinski definition) is 6. The van der Waals surface area contributed by atoms with Gasteiger partial charge in [0.25, 0.3) is 5.91 Å². The number of carbonyl (C=O) groups excluding carboxylic acids is 3. The van der Waals surface area contributed by atoms with Crippen LogP contribution in [0.3, 0.4) is 0 Å². The van der Waals surface area contributed by atoms with Crippen LogP contribution in [0.15, 0.2) is 60.7 Å². The van der Waals surface area contributed by atoms with E-state index in [1.54, 1.807) is 47.1 Å². The van der Waals surface area contributed by atoms with Crippen LogP contribution in [0.25, 0.3) is 0 Å². The number of hydrogen-bond donors (Lipinski definition) is 4. The minimum atomic E-state index is -1.88. The fourth-order valence-corrected chi connectivity index (χ4v) is 6.25. The van der Waals surface area contributed by atoms with Crippen LogP contribution in [-0.4, -0.2) is 65.1 Å². The van der Waals surface area contributed by atoms with Crippen LogP contribution in [0, 0.1) is 11.8 Å². The summed E-state index contributed by atoms with van der Waals surface area (Å²) < 4.78 is 0. The molecule has 1 unspecified atom stereocenters. The highest BCUT2D eigenvalue weighted by atomic mass is 16.3. The molecule has 3 heterocycles. The van der Waals surface area contributed by atoms with E-state index < -0.39 is 17.4 Å². The molecule has 4 N–H and O–H groups in total. The molecule has 9 heteroatoms. The second-order valence-electron chi connectivity index (χ2n) is 11.4. The highest BCUT2D eigenvalue weighted by Crippen LogP contribution is 2.47. The fourth-order valence-electron chi connectivity index (χ4n) is 6.25. The number of nitrogens with zero attached hydrogens (tertiary/aromatic N) is 2. The quantitative estimate of drug-likeness (QED) is 0.350. The lowest BCUT2D eigenvalue weighted by Crippen LogP contribution is -2.44. The van der Waals surface area contributed by atoms with Gasteiger partial charge in [0.2, 0.25) is 11.8 Å². The van der Waals surface area contributed by atoms with E-state index in [-0.39, 0.29) is 36.8 Å². The van der Waals surface area contributed by atoms with Crippen molar-refractivity contribution in [1.29, 1.82) is 0 Å². The standard InChI is InChI=1S/C32H40N4O5/c1-22(8-5-13-29(38)35-17-7-12-26(35)21-37)32(41)27-18-25(34-30(39)24-11-6-16-33-19-24)14-15-28(27)36(31(32)40)20-23-9-3-2-4-10-23/h2-5,8-10,14-15,18,22,24,26,33,37,41H,6-7,11-13,16-17,19-21H2,1H3,(H,34,39)/b8-5+/t22-,24?,26-,32+/m0/s1. The van der Waals surface area contributed by atoms with Crippen LogP contribution >= 0.6 is 0 Å². The average molecular weight is 561 g/mol. The van der Waals surface area contributed by atoms with Gasteiger partial charge in [-0.15, -0.1) is 0 Å². The van der Waals surface area contributed by atoms with Crippen LogP contribution in [0.1, 0.15) is 50.2 Å². The Bertz CT molecular complexity index is 1290. The zero-order chi connectivity index (χ0) is 29.0. The number of rotatable bonds is 9. The van der Waals surface area contributed by atoms with Gasteiger partial charge in [-0.25, -0.2) is 0 Å². The molecular weight excluding hydrogens is 520 g/mol. The molecule has 0 aromatic heterocycles. The molecule has 2 aromatic rings. The summed E-state index contributed by atoms with van der Waals surface area (Å²) in [6.07, 6.45) is 6.96. The first kappa shape index (κ1) is 29.0. The summed E-state index contributed by atoms with van der Waals surface area (Å²) in [5, 5.41) is 27.9. The van der Waals surface area contributed by atoms with Crippen LogP contribution in [0.5, 0.6) is 0 Å². The Morgan fingerprint density at radius 2 is 1.98 bits per heavy atom. The summed E-state index contributed by atoms with van der Waals surface area (Å²) in [5.41, 5.74) is 0.607. The van der Waals surface area contributed by atoms with Gasteiger partial charge in [-0.1, -0.05) is 49.4 Å². The number of anilines is 2. The van der Waals surface area contributed by atoms with Gasteiger partial charge in [0.1, 0.15) is 0 Å². The number of likely N-dealkylation sites (tertiary alicyclic amines) is 1. The summed E-state index contributed by atoms with van der Waals surface area (Å²) in [4.78, 5) is 43.0. The lowest BCUT2D eigenvalue weighted by atomic mass is 9.82.